The van der Waals surface area contributed by atoms with E-state index in [0.29, 0.717) is 18.5 Å². The molecule has 0 aliphatic carbocycles. The van der Waals surface area contributed by atoms with E-state index < -0.39 is 14.8 Å². The van der Waals surface area contributed by atoms with Gasteiger partial charge >= 0.3 is 0 Å². The standard InChI is InChI=1S/C12H18N2O4S/c1-10(9-19(2,17)18)13-8-7-11-5-3-4-6-12(11)14(15)16/h3-6,10,13H,7-9H2,1-2H3. The Morgan fingerprint density at radius 1 is 1.37 bits per heavy atom. The van der Waals surface area contributed by atoms with Crippen molar-refractivity contribution in [2.45, 2.75) is 19.4 Å². The maximum absolute atomic E-state index is 11.1. The number of rotatable bonds is 7. The molecule has 0 aliphatic rings. The maximum atomic E-state index is 11.1. The fourth-order valence-corrected chi connectivity index (χ4v) is 2.89. The second kappa shape index (κ2) is 6.63. The summed E-state index contributed by atoms with van der Waals surface area (Å²) in [4.78, 5) is 10.4. The van der Waals surface area contributed by atoms with Gasteiger partial charge in [0.15, 0.2) is 0 Å². The van der Waals surface area contributed by atoms with E-state index in [1.54, 1.807) is 25.1 Å². The van der Waals surface area contributed by atoms with Crippen molar-refractivity contribution in [1.29, 1.82) is 0 Å². The second-order valence-corrected chi connectivity index (χ2v) is 6.77. The normalized spacial score (nSPS) is 13.2. The SMILES string of the molecule is CC(CS(C)(=O)=O)NCCc1ccccc1[N+](=O)[O-]. The summed E-state index contributed by atoms with van der Waals surface area (Å²) < 4.78 is 22.2. The summed E-state index contributed by atoms with van der Waals surface area (Å²) in [6, 6.07) is 6.39. The molecule has 1 aromatic rings. The number of nitrogens with zero attached hydrogens (tertiary/aromatic N) is 1. The molecule has 0 bridgehead atoms. The zero-order valence-corrected chi connectivity index (χ0v) is 11.8. The van der Waals surface area contributed by atoms with Gasteiger partial charge in [-0.15, -0.1) is 0 Å². The number of sulfone groups is 1. The molecule has 1 aromatic carbocycles. The van der Waals surface area contributed by atoms with Gasteiger partial charge in [0, 0.05) is 23.9 Å². The minimum Gasteiger partial charge on any atom is -0.313 e. The monoisotopic (exact) mass is 286 g/mol. The highest BCUT2D eigenvalue weighted by Gasteiger charge is 2.13. The number of para-hydroxylation sites is 1. The first-order valence-corrected chi connectivity index (χ1v) is 7.99. The highest BCUT2D eigenvalue weighted by molar-refractivity contribution is 7.90. The number of benzene rings is 1. The lowest BCUT2D eigenvalue weighted by molar-refractivity contribution is -0.385. The first kappa shape index (κ1) is 15.6. The van der Waals surface area contributed by atoms with Gasteiger partial charge in [0.05, 0.1) is 10.7 Å². The molecule has 1 N–H and O–H groups in total. The van der Waals surface area contributed by atoms with E-state index in [1.807, 2.05) is 0 Å². The zero-order chi connectivity index (χ0) is 14.5. The van der Waals surface area contributed by atoms with Crippen molar-refractivity contribution in [3.63, 3.8) is 0 Å². The predicted molar refractivity (Wildman–Crippen MR) is 74.0 cm³/mol. The Hall–Kier alpha value is -1.47. The first-order valence-electron chi connectivity index (χ1n) is 5.93. The summed E-state index contributed by atoms with van der Waals surface area (Å²) in [5.74, 6) is 0.0594. The van der Waals surface area contributed by atoms with Crippen molar-refractivity contribution >= 4 is 15.5 Å². The Kier molecular flexibility index (Phi) is 5.44. The molecule has 0 saturated carbocycles. The number of nitrogens with one attached hydrogen (secondary N) is 1. The average Bonchev–Trinajstić information content (AvgIpc) is 2.27. The molecule has 0 saturated heterocycles. The molecule has 19 heavy (non-hydrogen) atoms. The van der Waals surface area contributed by atoms with Crippen LogP contribution in [-0.2, 0) is 16.3 Å². The van der Waals surface area contributed by atoms with Crippen LogP contribution in [0.25, 0.3) is 0 Å². The van der Waals surface area contributed by atoms with Gasteiger partial charge in [-0.3, -0.25) is 10.1 Å². The lowest BCUT2D eigenvalue weighted by Crippen LogP contribution is -2.34. The summed E-state index contributed by atoms with van der Waals surface area (Å²) in [5, 5.41) is 13.9. The van der Waals surface area contributed by atoms with Gasteiger partial charge in [0.2, 0.25) is 0 Å². The van der Waals surface area contributed by atoms with Crippen molar-refractivity contribution in [3.05, 3.63) is 39.9 Å². The van der Waals surface area contributed by atoms with E-state index in [0.717, 1.165) is 0 Å². The Labute approximate surface area is 112 Å². The Morgan fingerprint density at radius 3 is 2.58 bits per heavy atom. The third-order valence-electron chi connectivity index (χ3n) is 2.63. The number of nitro groups is 1. The highest BCUT2D eigenvalue weighted by atomic mass is 32.2. The van der Waals surface area contributed by atoms with E-state index in [4.69, 9.17) is 0 Å². The smallest absolute Gasteiger partial charge is 0.272 e. The molecule has 0 radical (unpaired) electrons. The molecular formula is C12H18N2O4S. The number of nitro benzene ring substituents is 1. The van der Waals surface area contributed by atoms with Crippen LogP contribution in [0.3, 0.4) is 0 Å². The van der Waals surface area contributed by atoms with E-state index in [9.17, 15) is 18.5 Å². The van der Waals surface area contributed by atoms with Gasteiger partial charge in [-0.05, 0) is 19.9 Å². The van der Waals surface area contributed by atoms with E-state index in [-0.39, 0.29) is 17.5 Å². The van der Waals surface area contributed by atoms with Crippen LogP contribution in [0, 0.1) is 10.1 Å². The Balaban J connectivity index is 2.52. The van der Waals surface area contributed by atoms with Crippen LogP contribution in [0.2, 0.25) is 0 Å². The quantitative estimate of drug-likeness (QED) is 0.600. The summed E-state index contributed by atoms with van der Waals surface area (Å²) in [5.41, 5.74) is 0.742. The van der Waals surface area contributed by atoms with Crippen molar-refractivity contribution in [3.8, 4) is 0 Å². The third-order valence-corrected chi connectivity index (χ3v) is 3.73. The van der Waals surface area contributed by atoms with Crippen LogP contribution in [0.4, 0.5) is 5.69 Å². The zero-order valence-electron chi connectivity index (χ0n) is 11.0. The van der Waals surface area contributed by atoms with Crippen molar-refractivity contribution < 1.29 is 13.3 Å². The van der Waals surface area contributed by atoms with Gasteiger partial charge in [0.1, 0.15) is 9.84 Å². The van der Waals surface area contributed by atoms with Gasteiger partial charge in [-0.25, -0.2) is 8.42 Å². The molecular weight excluding hydrogens is 268 g/mol. The lowest BCUT2D eigenvalue weighted by Gasteiger charge is -2.12. The second-order valence-electron chi connectivity index (χ2n) is 4.58. The van der Waals surface area contributed by atoms with Crippen LogP contribution in [0.15, 0.2) is 24.3 Å². The molecule has 0 fully saturated rings. The van der Waals surface area contributed by atoms with Gasteiger partial charge < -0.3 is 5.32 Å². The van der Waals surface area contributed by atoms with Crippen molar-refractivity contribution in [2.75, 3.05) is 18.6 Å². The van der Waals surface area contributed by atoms with Crippen molar-refractivity contribution in [2.24, 2.45) is 0 Å². The minimum atomic E-state index is -3.01. The van der Waals surface area contributed by atoms with Crippen LogP contribution in [0.5, 0.6) is 0 Å². The molecule has 1 unspecified atom stereocenters. The van der Waals surface area contributed by atoms with E-state index in [2.05, 4.69) is 5.32 Å². The molecule has 106 valence electrons. The molecule has 1 rings (SSSR count). The molecule has 0 aliphatic heterocycles. The predicted octanol–water partition coefficient (Wildman–Crippen LogP) is 1.16. The number of hydrogen-bond donors (Lipinski definition) is 1. The van der Waals surface area contributed by atoms with Gasteiger partial charge in [-0.2, -0.15) is 0 Å². The summed E-state index contributed by atoms with van der Waals surface area (Å²) >= 11 is 0. The van der Waals surface area contributed by atoms with Crippen LogP contribution in [0.1, 0.15) is 12.5 Å². The average molecular weight is 286 g/mol. The summed E-state index contributed by atoms with van der Waals surface area (Å²) in [6.07, 6.45) is 1.68. The number of hydrogen-bond acceptors (Lipinski definition) is 5. The summed E-state index contributed by atoms with van der Waals surface area (Å²) in [7, 11) is -3.01. The fraction of sp³-hybridized carbons (Fsp3) is 0.500. The molecule has 0 spiro atoms. The molecule has 0 aromatic heterocycles. The van der Waals surface area contributed by atoms with E-state index >= 15 is 0 Å². The molecule has 0 heterocycles. The fourth-order valence-electron chi connectivity index (χ4n) is 1.87. The molecule has 0 amide bonds. The Bertz CT molecular complexity index is 542. The minimum absolute atomic E-state index is 0.0594. The maximum Gasteiger partial charge on any atom is 0.272 e. The first-order chi connectivity index (χ1) is 8.79. The molecule has 1 atom stereocenters. The van der Waals surface area contributed by atoms with Gasteiger partial charge in [0.25, 0.3) is 5.69 Å². The largest absolute Gasteiger partial charge is 0.313 e. The van der Waals surface area contributed by atoms with E-state index in [1.165, 1.54) is 12.3 Å². The van der Waals surface area contributed by atoms with Crippen LogP contribution >= 0.6 is 0 Å². The van der Waals surface area contributed by atoms with Gasteiger partial charge in [-0.1, -0.05) is 18.2 Å². The molecule has 7 heteroatoms. The van der Waals surface area contributed by atoms with Crippen LogP contribution < -0.4 is 5.32 Å². The summed E-state index contributed by atoms with van der Waals surface area (Å²) in [6.45, 7) is 2.28. The van der Waals surface area contributed by atoms with Crippen molar-refractivity contribution in [1.82, 2.24) is 5.32 Å². The van der Waals surface area contributed by atoms with Crippen LogP contribution in [-0.4, -0.2) is 37.9 Å². The topological polar surface area (TPSA) is 89.3 Å². The molecule has 6 nitrogen and oxygen atoms in total. The Morgan fingerprint density at radius 2 is 2.00 bits per heavy atom. The lowest BCUT2D eigenvalue weighted by atomic mass is 10.1. The highest BCUT2D eigenvalue weighted by Crippen LogP contribution is 2.17. The third kappa shape index (κ3) is 5.80.